The molecule has 0 N–H and O–H groups in total. The number of hydrogen-bond acceptors (Lipinski definition) is 3. The minimum atomic E-state index is -0.188. The van der Waals surface area contributed by atoms with Crippen LogP contribution in [0.1, 0.15) is 28.7 Å². The van der Waals surface area contributed by atoms with Gasteiger partial charge in [0.05, 0.1) is 7.11 Å². The molecule has 3 aromatic rings. The number of carbonyl (C=O) groups excluding carboxylic acids is 1. The Morgan fingerprint density at radius 2 is 1.36 bits per heavy atom. The lowest BCUT2D eigenvalue weighted by Crippen LogP contribution is -2.02. The molecule has 0 aliphatic heterocycles. The Labute approximate surface area is 166 Å². The fraction of sp³-hybridized carbons (Fsp3) is 0.240. The maximum atomic E-state index is 11.2. The molecule has 0 aromatic heterocycles. The van der Waals surface area contributed by atoms with Crippen LogP contribution in [0.25, 0.3) is 0 Å². The van der Waals surface area contributed by atoms with Crippen LogP contribution in [0, 0.1) is 0 Å². The van der Waals surface area contributed by atoms with E-state index < -0.39 is 0 Å². The fourth-order valence-electron chi connectivity index (χ4n) is 3.08. The van der Waals surface area contributed by atoms with Crippen LogP contribution in [0.2, 0.25) is 0 Å². The number of benzene rings is 3. The molecule has 0 aliphatic rings. The highest BCUT2D eigenvalue weighted by molar-refractivity contribution is 5.69. The summed E-state index contributed by atoms with van der Waals surface area (Å²) in [4.78, 5) is 11.2. The molecule has 0 saturated carbocycles. The minimum absolute atomic E-state index is 0.188. The van der Waals surface area contributed by atoms with Crippen molar-refractivity contribution in [3.05, 3.63) is 101 Å². The van der Waals surface area contributed by atoms with Crippen LogP contribution in [0.3, 0.4) is 0 Å². The van der Waals surface area contributed by atoms with Crippen molar-refractivity contribution in [2.45, 2.75) is 32.3 Å². The van der Waals surface area contributed by atoms with Crippen molar-refractivity contribution in [2.75, 3.05) is 7.11 Å². The van der Waals surface area contributed by atoms with Crippen molar-refractivity contribution in [1.82, 2.24) is 0 Å². The summed E-state index contributed by atoms with van der Waals surface area (Å²) in [6, 6.07) is 27.0. The normalized spacial score (nSPS) is 10.5. The Morgan fingerprint density at radius 1 is 0.714 bits per heavy atom. The van der Waals surface area contributed by atoms with Crippen LogP contribution in [0.4, 0.5) is 0 Å². The lowest BCUT2D eigenvalue weighted by molar-refractivity contribution is -0.140. The van der Waals surface area contributed by atoms with Crippen LogP contribution >= 0.6 is 0 Å². The van der Waals surface area contributed by atoms with Crippen molar-refractivity contribution in [1.29, 1.82) is 0 Å². The third kappa shape index (κ3) is 6.27. The predicted octanol–water partition coefficient (Wildman–Crippen LogP) is 5.16. The van der Waals surface area contributed by atoms with Gasteiger partial charge in [-0.2, -0.15) is 0 Å². The first-order chi connectivity index (χ1) is 13.7. The van der Waals surface area contributed by atoms with Gasteiger partial charge in [0.2, 0.25) is 0 Å². The van der Waals surface area contributed by atoms with Crippen LogP contribution < -0.4 is 4.74 Å². The summed E-state index contributed by atoms with van der Waals surface area (Å²) in [7, 11) is 1.41. The van der Waals surface area contributed by atoms with Gasteiger partial charge in [-0.1, -0.05) is 66.7 Å². The van der Waals surface area contributed by atoms with Gasteiger partial charge in [0.15, 0.2) is 0 Å². The summed E-state index contributed by atoms with van der Waals surface area (Å²) in [6.07, 6.45) is 3.13. The molecule has 0 spiro atoms. The summed E-state index contributed by atoms with van der Waals surface area (Å²) in [5.74, 6) is 0.643. The van der Waals surface area contributed by atoms with Crippen LogP contribution in [-0.4, -0.2) is 13.1 Å². The van der Waals surface area contributed by atoms with E-state index in [-0.39, 0.29) is 5.97 Å². The average molecular weight is 374 g/mol. The molecular weight excluding hydrogens is 348 g/mol. The van der Waals surface area contributed by atoms with Crippen molar-refractivity contribution in [3.63, 3.8) is 0 Å². The lowest BCUT2D eigenvalue weighted by Gasteiger charge is -2.09. The molecule has 0 heterocycles. The zero-order valence-electron chi connectivity index (χ0n) is 16.3. The van der Waals surface area contributed by atoms with Crippen LogP contribution in [0.15, 0.2) is 78.9 Å². The van der Waals surface area contributed by atoms with E-state index in [2.05, 4.69) is 53.3 Å². The molecule has 0 bridgehead atoms. The number of methoxy groups -OCH3 is 1. The summed E-state index contributed by atoms with van der Waals surface area (Å²) < 4.78 is 10.6. The summed E-state index contributed by atoms with van der Waals surface area (Å²) in [5.41, 5.74) is 4.94. The number of esters is 1. The quantitative estimate of drug-likeness (QED) is 0.486. The first kappa shape index (κ1) is 19.7. The molecule has 28 heavy (non-hydrogen) atoms. The average Bonchev–Trinajstić information content (AvgIpc) is 2.76. The Morgan fingerprint density at radius 3 is 2.11 bits per heavy atom. The maximum Gasteiger partial charge on any atom is 0.305 e. The smallest absolute Gasteiger partial charge is 0.305 e. The van der Waals surface area contributed by atoms with E-state index in [9.17, 15) is 4.79 Å². The number of aryl methyl sites for hydroxylation is 3. The van der Waals surface area contributed by atoms with E-state index in [4.69, 9.17) is 4.74 Å². The predicted molar refractivity (Wildman–Crippen MR) is 111 cm³/mol. The number of carbonyl (C=O) groups is 1. The molecule has 0 amide bonds. The fourth-order valence-corrected chi connectivity index (χ4v) is 3.08. The molecule has 0 atom stereocenters. The molecule has 0 unspecified atom stereocenters. The standard InChI is InChI=1S/C25H26O3/c1-27-25(26)17-14-21-12-15-24(16-13-21)28-19-23-9-5-8-22(18-23)11-10-20-6-3-2-4-7-20/h2-9,12-13,15-16,18H,10-11,14,17,19H2,1H3. The minimum Gasteiger partial charge on any atom is -0.489 e. The van der Waals surface area contributed by atoms with Gasteiger partial charge in [-0.05, 0) is 53.6 Å². The van der Waals surface area contributed by atoms with E-state index in [1.165, 1.54) is 23.8 Å². The molecular formula is C25H26O3. The zero-order chi connectivity index (χ0) is 19.6. The van der Waals surface area contributed by atoms with E-state index in [1.54, 1.807) is 0 Å². The van der Waals surface area contributed by atoms with Gasteiger partial charge in [0.1, 0.15) is 12.4 Å². The lowest BCUT2D eigenvalue weighted by atomic mass is 10.0. The van der Waals surface area contributed by atoms with Crippen molar-refractivity contribution in [3.8, 4) is 5.75 Å². The van der Waals surface area contributed by atoms with Crippen LogP contribution in [-0.2, 0) is 35.4 Å². The second kappa shape index (κ2) is 10.3. The third-order valence-corrected chi connectivity index (χ3v) is 4.71. The maximum absolute atomic E-state index is 11.2. The Bertz CT molecular complexity index is 870. The van der Waals surface area contributed by atoms with Crippen molar-refractivity contribution < 1.29 is 14.3 Å². The topological polar surface area (TPSA) is 35.5 Å². The van der Waals surface area contributed by atoms with Crippen molar-refractivity contribution >= 4 is 5.97 Å². The van der Waals surface area contributed by atoms with Gasteiger partial charge >= 0.3 is 5.97 Å². The highest BCUT2D eigenvalue weighted by atomic mass is 16.5. The first-order valence-corrected chi connectivity index (χ1v) is 9.63. The third-order valence-electron chi connectivity index (χ3n) is 4.71. The SMILES string of the molecule is COC(=O)CCc1ccc(OCc2cccc(CCc3ccccc3)c2)cc1. The molecule has 0 fully saturated rings. The molecule has 0 saturated heterocycles. The summed E-state index contributed by atoms with van der Waals surface area (Å²) in [5, 5.41) is 0. The molecule has 3 rings (SSSR count). The van der Waals surface area contributed by atoms with Gasteiger partial charge in [-0.3, -0.25) is 4.79 Å². The van der Waals surface area contributed by atoms with Crippen LogP contribution in [0.5, 0.6) is 5.75 Å². The van der Waals surface area contributed by atoms with E-state index in [0.717, 1.165) is 24.2 Å². The Hall–Kier alpha value is -3.07. The molecule has 0 aliphatic carbocycles. The molecule has 3 heteroatoms. The van der Waals surface area contributed by atoms with E-state index in [0.29, 0.717) is 19.4 Å². The van der Waals surface area contributed by atoms with Gasteiger partial charge in [-0.15, -0.1) is 0 Å². The number of rotatable bonds is 9. The van der Waals surface area contributed by atoms with Gasteiger partial charge in [0.25, 0.3) is 0 Å². The highest BCUT2D eigenvalue weighted by Crippen LogP contribution is 2.16. The molecule has 3 nitrogen and oxygen atoms in total. The molecule has 144 valence electrons. The van der Waals surface area contributed by atoms with Gasteiger partial charge in [0, 0.05) is 6.42 Å². The molecule has 3 aromatic carbocycles. The number of ether oxygens (including phenoxy) is 2. The highest BCUT2D eigenvalue weighted by Gasteiger charge is 2.03. The first-order valence-electron chi connectivity index (χ1n) is 9.63. The second-order valence-electron chi connectivity index (χ2n) is 6.81. The second-order valence-corrected chi connectivity index (χ2v) is 6.81. The van der Waals surface area contributed by atoms with Gasteiger partial charge < -0.3 is 9.47 Å². The number of hydrogen-bond donors (Lipinski definition) is 0. The van der Waals surface area contributed by atoms with E-state index in [1.807, 2.05) is 30.3 Å². The monoisotopic (exact) mass is 374 g/mol. The molecule has 0 radical (unpaired) electrons. The summed E-state index contributed by atoms with van der Waals surface area (Å²) in [6.45, 7) is 0.542. The van der Waals surface area contributed by atoms with Crippen molar-refractivity contribution in [2.24, 2.45) is 0 Å². The largest absolute Gasteiger partial charge is 0.489 e. The Balaban J connectivity index is 1.49. The van der Waals surface area contributed by atoms with E-state index >= 15 is 0 Å². The van der Waals surface area contributed by atoms with Gasteiger partial charge in [-0.25, -0.2) is 0 Å². The summed E-state index contributed by atoms with van der Waals surface area (Å²) >= 11 is 0. The zero-order valence-corrected chi connectivity index (χ0v) is 16.3. The Kier molecular flexibility index (Phi) is 7.25.